The van der Waals surface area contributed by atoms with E-state index in [-0.39, 0.29) is 18.1 Å². The predicted molar refractivity (Wildman–Crippen MR) is 100 cm³/mol. The number of ketones is 1. The molecule has 27 heavy (non-hydrogen) atoms. The molecule has 0 atom stereocenters. The molecule has 3 aliphatic heterocycles. The normalized spacial score (nSPS) is 24.3. The Morgan fingerprint density at radius 1 is 1.15 bits per heavy atom. The Bertz CT molecular complexity index is 751. The van der Waals surface area contributed by atoms with Crippen LogP contribution in [0.25, 0.3) is 6.08 Å². The van der Waals surface area contributed by atoms with Crippen molar-refractivity contribution in [2.75, 3.05) is 51.3 Å². The van der Waals surface area contributed by atoms with E-state index < -0.39 is 0 Å². The highest BCUT2D eigenvalue weighted by Crippen LogP contribution is 2.23. The first-order chi connectivity index (χ1) is 13.1. The average Bonchev–Trinajstić information content (AvgIpc) is 2.95. The summed E-state index contributed by atoms with van der Waals surface area (Å²) in [5.74, 6) is 0.351. The summed E-state index contributed by atoms with van der Waals surface area (Å²) in [6, 6.07) is 2.37. The molecule has 4 rings (SSSR count). The van der Waals surface area contributed by atoms with E-state index in [1.807, 2.05) is 0 Å². The fourth-order valence-corrected chi connectivity index (χ4v) is 3.95. The molecule has 8 nitrogen and oxygen atoms in total. The number of morpholine rings is 1. The van der Waals surface area contributed by atoms with Crippen molar-refractivity contribution in [1.82, 2.24) is 19.8 Å². The highest BCUT2D eigenvalue weighted by Gasteiger charge is 2.30. The van der Waals surface area contributed by atoms with Gasteiger partial charge in [0.1, 0.15) is 0 Å². The fraction of sp³-hybridized carbons (Fsp3) is 0.579. The number of carbonyl (C=O) groups excluding carboxylic acids is 2. The lowest BCUT2D eigenvalue weighted by Gasteiger charge is -2.40. The van der Waals surface area contributed by atoms with Crippen LogP contribution in [0.1, 0.15) is 25.0 Å². The van der Waals surface area contributed by atoms with Crippen LogP contribution in [0.3, 0.4) is 0 Å². The summed E-state index contributed by atoms with van der Waals surface area (Å²) in [5.41, 5.74) is 1.05. The zero-order valence-corrected chi connectivity index (χ0v) is 15.6. The lowest BCUT2D eigenvalue weighted by Crippen LogP contribution is -2.49. The number of carbonyl (C=O) groups is 2. The molecule has 3 aliphatic rings. The van der Waals surface area contributed by atoms with Crippen LogP contribution < -0.4 is 4.90 Å². The minimum absolute atomic E-state index is 0.0602. The molecule has 4 heterocycles. The number of Topliss-reactive ketones (excluding diaryl/α,β-unsaturated/α-hetero) is 1. The molecular weight excluding hydrogens is 346 g/mol. The van der Waals surface area contributed by atoms with Crippen LogP contribution >= 0.6 is 0 Å². The first-order valence-corrected chi connectivity index (χ1v) is 9.53. The van der Waals surface area contributed by atoms with Crippen LogP contribution in [0, 0.1) is 0 Å². The molecule has 0 radical (unpaired) electrons. The fourth-order valence-electron chi connectivity index (χ4n) is 3.95. The van der Waals surface area contributed by atoms with E-state index in [1.165, 1.54) is 4.90 Å². The molecule has 0 spiro atoms. The largest absolute Gasteiger partial charge is 0.379 e. The van der Waals surface area contributed by atoms with Crippen LogP contribution in [0.15, 0.2) is 18.0 Å². The molecule has 1 aromatic heterocycles. The smallest absolute Gasteiger partial charge is 0.234 e. The first kappa shape index (κ1) is 18.1. The third kappa shape index (κ3) is 3.86. The second-order valence-electron chi connectivity index (χ2n) is 7.23. The summed E-state index contributed by atoms with van der Waals surface area (Å²) in [4.78, 5) is 38.8. The summed E-state index contributed by atoms with van der Waals surface area (Å²) in [6.45, 7) is 5.53. The number of nitrogens with zero attached hydrogens (tertiary/aromatic N) is 5. The van der Waals surface area contributed by atoms with Gasteiger partial charge in [-0.1, -0.05) is 0 Å². The molecular formula is C19H25N5O3. The van der Waals surface area contributed by atoms with Gasteiger partial charge in [-0.2, -0.15) is 0 Å². The van der Waals surface area contributed by atoms with Gasteiger partial charge in [-0.15, -0.1) is 0 Å². The number of anilines is 1. The van der Waals surface area contributed by atoms with Crippen molar-refractivity contribution in [1.29, 1.82) is 0 Å². The Labute approximate surface area is 158 Å². The molecule has 3 saturated heterocycles. The maximum Gasteiger partial charge on any atom is 0.234 e. The number of amides is 1. The Kier molecular flexibility index (Phi) is 5.18. The molecule has 0 aromatic carbocycles. The number of likely N-dealkylation sites (tertiary alicyclic amines) is 1. The summed E-state index contributed by atoms with van der Waals surface area (Å²) in [7, 11) is 1.62. The van der Waals surface area contributed by atoms with Crippen LogP contribution in [0.4, 0.5) is 5.95 Å². The van der Waals surface area contributed by atoms with Crippen molar-refractivity contribution < 1.29 is 14.3 Å². The summed E-state index contributed by atoms with van der Waals surface area (Å²) < 4.78 is 5.44. The van der Waals surface area contributed by atoms with Crippen molar-refractivity contribution in [2.24, 2.45) is 0 Å². The van der Waals surface area contributed by atoms with E-state index >= 15 is 0 Å². The van der Waals surface area contributed by atoms with Gasteiger partial charge in [0, 0.05) is 45.5 Å². The van der Waals surface area contributed by atoms with Gasteiger partial charge in [-0.25, -0.2) is 9.97 Å². The van der Waals surface area contributed by atoms with E-state index in [0.717, 1.165) is 52.2 Å². The van der Waals surface area contributed by atoms with Gasteiger partial charge in [-0.3, -0.25) is 14.5 Å². The van der Waals surface area contributed by atoms with Crippen LogP contribution in [-0.4, -0.2) is 83.9 Å². The standard InChI is InChI=1S/C19H25N5O3/c1-22-16(17(25)13-18(22)26)12-14-2-5-20-19(21-14)24-6-3-15(4-7-24)23-8-10-27-11-9-23/h2,5,12,15H,3-4,6-11,13H2,1H3/b16-12-. The molecule has 0 saturated carbocycles. The van der Waals surface area contributed by atoms with E-state index in [2.05, 4.69) is 19.8 Å². The molecule has 3 fully saturated rings. The predicted octanol–water partition coefficient (Wildman–Crippen LogP) is 0.550. The molecule has 1 amide bonds. The topological polar surface area (TPSA) is 78.9 Å². The van der Waals surface area contributed by atoms with Gasteiger partial charge in [-0.05, 0) is 25.0 Å². The van der Waals surface area contributed by atoms with Crippen LogP contribution in [0.5, 0.6) is 0 Å². The lowest BCUT2D eigenvalue weighted by molar-refractivity contribution is -0.126. The number of ether oxygens (including phenoxy) is 1. The van der Waals surface area contributed by atoms with Gasteiger partial charge in [0.2, 0.25) is 11.9 Å². The van der Waals surface area contributed by atoms with Gasteiger partial charge < -0.3 is 14.5 Å². The van der Waals surface area contributed by atoms with Crippen molar-refractivity contribution in [3.8, 4) is 0 Å². The summed E-state index contributed by atoms with van der Waals surface area (Å²) in [6.07, 6.45) is 5.51. The average molecular weight is 371 g/mol. The van der Waals surface area contributed by atoms with Gasteiger partial charge in [0.05, 0.1) is 31.0 Å². The monoisotopic (exact) mass is 371 g/mol. The maximum atomic E-state index is 12.0. The molecule has 144 valence electrons. The first-order valence-electron chi connectivity index (χ1n) is 9.53. The lowest BCUT2D eigenvalue weighted by atomic mass is 10.0. The Morgan fingerprint density at radius 2 is 1.89 bits per heavy atom. The second-order valence-corrected chi connectivity index (χ2v) is 7.23. The summed E-state index contributed by atoms with van der Waals surface area (Å²) in [5, 5.41) is 0. The number of allylic oxidation sites excluding steroid dienone is 1. The Balaban J connectivity index is 1.43. The maximum absolute atomic E-state index is 12.0. The minimum atomic E-state index is -0.175. The molecule has 0 bridgehead atoms. The SMILES string of the molecule is CN1C(=O)CC(=O)/C1=C/c1ccnc(N2CCC(N3CCOCC3)CC2)n1. The molecule has 8 heteroatoms. The summed E-state index contributed by atoms with van der Waals surface area (Å²) >= 11 is 0. The number of hydrogen-bond donors (Lipinski definition) is 0. The zero-order valence-electron chi connectivity index (χ0n) is 15.6. The van der Waals surface area contributed by atoms with Crippen LogP contribution in [-0.2, 0) is 14.3 Å². The van der Waals surface area contributed by atoms with Gasteiger partial charge >= 0.3 is 0 Å². The van der Waals surface area contributed by atoms with Crippen molar-refractivity contribution in [3.05, 3.63) is 23.7 Å². The van der Waals surface area contributed by atoms with Gasteiger partial charge in [0.25, 0.3) is 0 Å². The third-order valence-electron chi connectivity index (χ3n) is 5.59. The Hall–Kier alpha value is -2.32. The van der Waals surface area contributed by atoms with Crippen molar-refractivity contribution in [3.63, 3.8) is 0 Å². The number of rotatable bonds is 3. The van der Waals surface area contributed by atoms with Gasteiger partial charge in [0.15, 0.2) is 5.78 Å². The van der Waals surface area contributed by atoms with E-state index in [0.29, 0.717) is 23.4 Å². The minimum Gasteiger partial charge on any atom is -0.379 e. The highest BCUT2D eigenvalue weighted by atomic mass is 16.5. The molecule has 0 aliphatic carbocycles. The van der Waals surface area contributed by atoms with E-state index in [1.54, 1.807) is 25.4 Å². The van der Waals surface area contributed by atoms with Crippen molar-refractivity contribution >= 4 is 23.7 Å². The molecule has 1 aromatic rings. The van der Waals surface area contributed by atoms with Crippen LogP contribution in [0.2, 0.25) is 0 Å². The van der Waals surface area contributed by atoms with E-state index in [9.17, 15) is 9.59 Å². The second kappa shape index (κ2) is 7.74. The zero-order chi connectivity index (χ0) is 18.8. The number of aromatic nitrogens is 2. The van der Waals surface area contributed by atoms with Crippen molar-refractivity contribution in [2.45, 2.75) is 25.3 Å². The Morgan fingerprint density at radius 3 is 2.56 bits per heavy atom. The third-order valence-corrected chi connectivity index (χ3v) is 5.59. The van der Waals surface area contributed by atoms with E-state index in [4.69, 9.17) is 4.74 Å². The quantitative estimate of drug-likeness (QED) is 0.567. The highest BCUT2D eigenvalue weighted by molar-refractivity contribution is 6.16. The number of piperidine rings is 1. The number of likely N-dealkylation sites (N-methyl/N-ethyl adjacent to an activating group) is 1. The molecule has 0 unspecified atom stereocenters. The number of hydrogen-bond acceptors (Lipinski definition) is 7. The molecule has 0 N–H and O–H groups in total.